The van der Waals surface area contributed by atoms with Gasteiger partial charge in [-0.3, -0.25) is 4.79 Å². The van der Waals surface area contributed by atoms with E-state index >= 15 is 0 Å². The number of nitrogens with zero attached hydrogens (tertiary/aromatic N) is 2. The average molecular weight is 282 g/mol. The summed E-state index contributed by atoms with van der Waals surface area (Å²) in [5, 5.41) is 3.78. The highest BCUT2D eigenvalue weighted by molar-refractivity contribution is 5.94. The molecule has 0 spiro atoms. The first kappa shape index (κ1) is 13.0. The van der Waals surface area contributed by atoms with Gasteiger partial charge in [0.2, 0.25) is 0 Å². The maximum absolute atomic E-state index is 13.0. The van der Waals surface area contributed by atoms with Crippen LogP contribution in [0.25, 0.3) is 11.0 Å². The summed E-state index contributed by atoms with van der Waals surface area (Å²) >= 11 is 0. The Hall–Kier alpha value is -3.02. The predicted octanol–water partition coefficient (Wildman–Crippen LogP) is 2.47. The second kappa shape index (κ2) is 5.54. The molecule has 0 saturated heterocycles. The highest BCUT2D eigenvalue weighted by atomic mass is 19.1. The Balaban J connectivity index is 1.71. The van der Waals surface area contributed by atoms with Crippen molar-refractivity contribution >= 4 is 23.2 Å². The summed E-state index contributed by atoms with van der Waals surface area (Å²) in [6, 6.07) is 13.2. The van der Waals surface area contributed by atoms with Gasteiger partial charge in [-0.25, -0.2) is 14.8 Å². The summed E-state index contributed by atoms with van der Waals surface area (Å²) in [6.07, 6.45) is 1.36. The fourth-order valence-electron chi connectivity index (χ4n) is 1.87. The van der Waals surface area contributed by atoms with Crippen LogP contribution in [0.15, 0.2) is 53.6 Å². The van der Waals surface area contributed by atoms with E-state index in [1.165, 1.54) is 18.3 Å². The van der Waals surface area contributed by atoms with E-state index in [4.69, 9.17) is 0 Å². The maximum Gasteiger partial charge on any atom is 0.307 e. The number of carbonyl (C=O) groups excluding carboxylic acids is 1. The van der Waals surface area contributed by atoms with Crippen LogP contribution in [0, 0.1) is 5.82 Å². The van der Waals surface area contributed by atoms with E-state index < -0.39 is 5.91 Å². The zero-order valence-corrected chi connectivity index (χ0v) is 10.9. The number of fused-ring (bicyclic) bond motifs is 1. The van der Waals surface area contributed by atoms with Crippen molar-refractivity contribution in [3.8, 4) is 0 Å². The number of hydrogen-bond donors (Lipinski definition) is 2. The van der Waals surface area contributed by atoms with E-state index in [2.05, 4.69) is 20.5 Å². The number of rotatable bonds is 3. The summed E-state index contributed by atoms with van der Waals surface area (Å²) < 4.78 is 13.0. The van der Waals surface area contributed by atoms with E-state index in [0.29, 0.717) is 11.1 Å². The van der Waals surface area contributed by atoms with Crippen LogP contribution in [-0.4, -0.2) is 22.1 Å². The van der Waals surface area contributed by atoms with Gasteiger partial charge in [0.05, 0.1) is 17.2 Å². The standard InChI is InChI=1S/C15H11FN4O/c16-11-5-3-4-10(8-11)9-17-20-15(21)14-18-12-6-1-2-7-13(12)19-14/h1-9H,(H,18,19)(H,20,21)/b17-9+. The molecular formula is C15H11FN4O. The van der Waals surface area contributed by atoms with Crippen molar-refractivity contribution in [2.75, 3.05) is 0 Å². The van der Waals surface area contributed by atoms with Gasteiger partial charge < -0.3 is 4.98 Å². The molecule has 0 aliphatic carbocycles. The van der Waals surface area contributed by atoms with Crippen LogP contribution in [0.1, 0.15) is 16.2 Å². The van der Waals surface area contributed by atoms with E-state index in [9.17, 15) is 9.18 Å². The van der Waals surface area contributed by atoms with E-state index in [-0.39, 0.29) is 11.6 Å². The Kier molecular flexibility index (Phi) is 3.42. The zero-order valence-electron chi connectivity index (χ0n) is 10.9. The molecule has 0 radical (unpaired) electrons. The molecular weight excluding hydrogens is 271 g/mol. The summed E-state index contributed by atoms with van der Waals surface area (Å²) in [5.74, 6) is -0.644. The van der Waals surface area contributed by atoms with E-state index in [1.807, 2.05) is 18.2 Å². The predicted molar refractivity (Wildman–Crippen MR) is 77.6 cm³/mol. The molecule has 3 aromatic rings. The first-order valence-electron chi connectivity index (χ1n) is 6.26. The molecule has 6 heteroatoms. The van der Waals surface area contributed by atoms with Crippen LogP contribution in [-0.2, 0) is 0 Å². The molecule has 1 aromatic heterocycles. The van der Waals surface area contributed by atoms with Gasteiger partial charge in [-0.15, -0.1) is 0 Å². The smallest absolute Gasteiger partial charge is 0.307 e. The number of para-hydroxylation sites is 2. The molecule has 104 valence electrons. The first-order chi connectivity index (χ1) is 10.2. The van der Waals surface area contributed by atoms with Crippen LogP contribution < -0.4 is 5.43 Å². The van der Waals surface area contributed by atoms with Gasteiger partial charge in [-0.1, -0.05) is 24.3 Å². The number of imidazole rings is 1. The molecule has 0 bridgehead atoms. The molecule has 2 aromatic carbocycles. The number of carbonyl (C=O) groups is 1. The minimum atomic E-state index is -0.459. The van der Waals surface area contributed by atoms with Gasteiger partial charge in [0.25, 0.3) is 0 Å². The molecule has 0 unspecified atom stereocenters. The van der Waals surface area contributed by atoms with Gasteiger partial charge >= 0.3 is 5.91 Å². The van der Waals surface area contributed by atoms with Crippen molar-refractivity contribution in [1.82, 2.24) is 15.4 Å². The number of nitrogens with one attached hydrogen (secondary N) is 2. The Morgan fingerprint density at radius 1 is 1.24 bits per heavy atom. The number of hydrazone groups is 1. The monoisotopic (exact) mass is 282 g/mol. The zero-order chi connectivity index (χ0) is 14.7. The number of benzene rings is 2. The van der Waals surface area contributed by atoms with Gasteiger partial charge in [0.15, 0.2) is 5.82 Å². The lowest BCUT2D eigenvalue weighted by Gasteiger charge is -1.95. The first-order valence-corrected chi connectivity index (χ1v) is 6.26. The van der Waals surface area contributed by atoms with Gasteiger partial charge in [-0.2, -0.15) is 5.10 Å². The highest BCUT2D eigenvalue weighted by Crippen LogP contribution is 2.09. The summed E-state index contributed by atoms with van der Waals surface area (Å²) in [7, 11) is 0. The fraction of sp³-hybridized carbons (Fsp3) is 0. The van der Waals surface area contributed by atoms with E-state index in [0.717, 1.165) is 5.52 Å². The van der Waals surface area contributed by atoms with Crippen LogP contribution >= 0.6 is 0 Å². The average Bonchev–Trinajstić information content (AvgIpc) is 2.91. The highest BCUT2D eigenvalue weighted by Gasteiger charge is 2.09. The van der Waals surface area contributed by atoms with Gasteiger partial charge in [-0.05, 0) is 29.8 Å². The minimum absolute atomic E-state index is 0.174. The van der Waals surface area contributed by atoms with E-state index in [1.54, 1.807) is 18.2 Å². The SMILES string of the molecule is O=C(N/N=C/c1cccc(F)c1)c1nc2ccccc2[nH]1. The largest absolute Gasteiger partial charge is 0.334 e. The van der Waals surface area contributed by atoms with Crippen molar-refractivity contribution in [2.24, 2.45) is 5.10 Å². The number of halogens is 1. The fourth-order valence-corrected chi connectivity index (χ4v) is 1.87. The number of H-pyrrole nitrogens is 1. The molecule has 1 amide bonds. The molecule has 0 aliphatic heterocycles. The Morgan fingerprint density at radius 2 is 2.10 bits per heavy atom. The molecule has 1 heterocycles. The third kappa shape index (κ3) is 2.94. The van der Waals surface area contributed by atoms with Gasteiger partial charge in [0, 0.05) is 0 Å². The van der Waals surface area contributed by atoms with Gasteiger partial charge in [0.1, 0.15) is 5.82 Å². The summed E-state index contributed by atoms with van der Waals surface area (Å²) in [5.41, 5.74) is 4.38. The Labute approximate surface area is 119 Å². The lowest BCUT2D eigenvalue weighted by atomic mass is 10.2. The topological polar surface area (TPSA) is 70.1 Å². The van der Waals surface area contributed by atoms with Crippen LogP contribution in [0.2, 0.25) is 0 Å². The number of aromatic amines is 1. The Morgan fingerprint density at radius 3 is 2.90 bits per heavy atom. The van der Waals surface area contributed by atoms with Crippen LogP contribution in [0.5, 0.6) is 0 Å². The summed E-state index contributed by atoms with van der Waals surface area (Å²) in [6.45, 7) is 0. The third-order valence-corrected chi connectivity index (χ3v) is 2.83. The van der Waals surface area contributed by atoms with Crippen molar-refractivity contribution in [1.29, 1.82) is 0 Å². The number of amides is 1. The number of hydrogen-bond acceptors (Lipinski definition) is 3. The minimum Gasteiger partial charge on any atom is -0.334 e. The summed E-state index contributed by atoms with van der Waals surface area (Å²) in [4.78, 5) is 18.9. The third-order valence-electron chi connectivity index (χ3n) is 2.83. The molecule has 2 N–H and O–H groups in total. The molecule has 0 atom stereocenters. The Bertz CT molecular complexity index is 792. The second-order valence-electron chi connectivity index (χ2n) is 4.36. The lowest BCUT2D eigenvalue weighted by Crippen LogP contribution is -2.19. The molecule has 0 fully saturated rings. The molecule has 0 saturated carbocycles. The molecule has 5 nitrogen and oxygen atoms in total. The van der Waals surface area contributed by atoms with Crippen molar-refractivity contribution in [3.05, 3.63) is 65.7 Å². The van der Waals surface area contributed by atoms with Crippen molar-refractivity contribution in [2.45, 2.75) is 0 Å². The van der Waals surface area contributed by atoms with Crippen molar-refractivity contribution < 1.29 is 9.18 Å². The normalized spacial score (nSPS) is 11.1. The van der Waals surface area contributed by atoms with Crippen molar-refractivity contribution in [3.63, 3.8) is 0 Å². The van der Waals surface area contributed by atoms with Crippen LogP contribution in [0.3, 0.4) is 0 Å². The lowest BCUT2D eigenvalue weighted by molar-refractivity contribution is 0.0946. The molecule has 3 rings (SSSR count). The quantitative estimate of drug-likeness (QED) is 0.572. The molecule has 21 heavy (non-hydrogen) atoms. The molecule has 0 aliphatic rings. The second-order valence-corrected chi connectivity index (χ2v) is 4.36. The van der Waals surface area contributed by atoms with Crippen LogP contribution in [0.4, 0.5) is 4.39 Å². The number of aromatic nitrogens is 2. The maximum atomic E-state index is 13.0.